The molecule has 0 amide bonds. The van der Waals surface area contributed by atoms with Gasteiger partial charge in [0.1, 0.15) is 11.5 Å². The number of furan rings is 1. The smallest absolute Gasteiger partial charge is 0.156 e. The number of aromatic nitrogens is 3. The van der Waals surface area contributed by atoms with Crippen molar-refractivity contribution in [1.82, 2.24) is 15.0 Å². The molecule has 0 aliphatic heterocycles. The summed E-state index contributed by atoms with van der Waals surface area (Å²) in [5.74, 6) is 3.22. The topological polar surface area (TPSA) is 69.9 Å². The lowest BCUT2D eigenvalue weighted by Gasteiger charge is -1.93. The highest BCUT2D eigenvalue weighted by Gasteiger charge is 2.36. The average molecular weight is 232 g/mol. The van der Waals surface area contributed by atoms with Crippen molar-refractivity contribution in [3.05, 3.63) is 24.1 Å². The minimum Gasteiger partial charge on any atom is -0.459 e. The summed E-state index contributed by atoms with van der Waals surface area (Å²) in [6.07, 6.45) is 3.10. The largest absolute Gasteiger partial charge is 0.459 e. The Labute approximate surface area is 99.6 Å². The lowest BCUT2D eigenvalue weighted by molar-refractivity contribution is 0.516. The molecule has 1 aliphatic rings. The summed E-state index contributed by atoms with van der Waals surface area (Å²) in [6, 6.07) is 4.02. The van der Waals surface area contributed by atoms with Gasteiger partial charge in [-0.3, -0.25) is 4.68 Å². The lowest BCUT2D eigenvalue weighted by atomic mass is 10.3. The van der Waals surface area contributed by atoms with E-state index < -0.39 is 0 Å². The van der Waals surface area contributed by atoms with Crippen LogP contribution in [-0.4, -0.2) is 21.5 Å². The van der Waals surface area contributed by atoms with Crippen LogP contribution in [0.2, 0.25) is 0 Å². The summed E-state index contributed by atoms with van der Waals surface area (Å²) in [6.45, 7) is 3.48. The Balaban J connectivity index is 1.80. The van der Waals surface area contributed by atoms with Crippen LogP contribution in [0.15, 0.2) is 22.7 Å². The Morgan fingerprint density at radius 2 is 2.35 bits per heavy atom. The van der Waals surface area contributed by atoms with E-state index in [9.17, 15) is 0 Å². The molecule has 1 aliphatic carbocycles. The van der Waals surface area contributed by atoms with Crippen molar-refractivity contribution in [1.29, 1.82) is 0 Å². The Hall–Kier alpha value is -1.62. The van der Waals surface area contributed by atoms with Gasteiger partial charge < -0.3 is 10.2 Å². The fraction of sp³-hybridized carbons (Fsp3) is 0.500. The molecule has 90 valence electrons. The lowest BCUT2D eigenvalue weighted by Crippen LogP contribution is -2.10. The van der Waals surface area contributed by atoms with Gasteiger partial charge in [0, 0.05) is 12.5 Å². The van der Waals surface area contributed by atoms with Crippen LogP contribution in [0.1, 0.15) is 25.0 Å². The summed E-state index contributed by atoms with van der Waals surface area (Å²) in [4.78, 5) is 0. The van der Waals surface area contributed by atoms with Crippen molar-refractivity contribution in [3.8, 4) is 11.5 Å². The van der Waals surface area contributed by atoms with E-state index in [-0.39, 0.29) is 0 Å². The monoisotopic (exact) mass is 232 g/mol. The zero-order chi connectivity index (χ0) is 11.8. The third-order valence-corrected chi connectivity index (χ3v) is 3.25. The molecule has 0 bridgehead atoms. The fourth-order valence-corrected chi connectivity index (χ4v) is 2.06. The Kier molecular flexibility index (Phi) is 2.48. The molecular weight excluding hydrogens is 216 g/mol. The first-order chi connectivity index (χ1) is 8.28. The third kappa shape index (κ3) is 1.98. The molecule has 2 atom stereocenters. The number of nitrogens with zero attached hydrogens (tertiary/aromatic N) is 3. The minimum atomic E-state index is 0.561. The highest BCUT2D eigenvalue weighted by molar-refractivity contribution is 5.50. The van der Waals surface area contributed by atoms with E-state index in [1.165, 1.54) is 6.42 Å². The summed E-state index contributed by atoms with van der Waals surface area (Å²) in [5.41, 5.74) is 6.24. The fourth-order valence-electron chi connectivity index (χ4n) is 2.06. The van der Waals surface area contributed by atoms with Gasteiger partial charge in [-0.1, -0.05) is 12.1 Å². The molecule has 5 heteroatoms. The van der Waals surface area contributed by atoms with E-state index in [0.29, 0.717) is 19.0 Å². The van der Waals surface area contributed by atoms with Gasteiger partial charge in [0.05, 0.1) is 12.7 Å². The van der Waals surface area contributed by atoms with Crippen LogP contribution in [0.5, 0.6) is 0 Å². The second-order valence-corrected chi connectivity index (χ2v) is 4.68. The van der Waals surface area contributed by atoms with Crippen molar-refractivity contribution in [2.45, 2.75) is 25.8 Å². The van der Waals surface area contributed by atoms with Gasteiger partial charge >= 0.3 is 0 Å². The van der Waals surface area contributed by atoms with Crippen LogP contribution in [0.4, 0.5) is 0 Å². The second kappa shape index (κ2) is 4.00. The molecule has 0 aromatic carbocycles. The average Bonchev–Trinajstić information content (AvgIpc) is 2.77. The van der Waals surface area contributed by atoms with Crippen LogP contribution in [-0.2, 0) is 6.54 Å². The Morgan fingerprint density at radius 1 is 1.53 bits per heavy atom. The van der Waals surface area contributed by atoms with Crippen molar-refractivity contribution in [2.24, 2.45) is 11.7 Å². The van der Waals surface area contributed by atoms with E-state index in [1.807, 2.05) is 18.3 Å². The van der Waals surface area contributed by atoms with Crippen LogP contribution in [0.3, 0.4) is 0 Å². The molecular formula is C12H16N4O. The first-order valence-corrected chi connectivity index (χ1v) is 5.98. The van der Waals surface area contributed by atoms with E-state index in [4.69, 9.17) is 10.2 Å². The van der Waals surface area contributed by atoms with E-state index in [1.54, 1.807) is 4.68 Å². The summed E-state index contributed by atoms with van der Waals surface area (Å²) in [7, 11) is 0. The molecule has 17 heavy (non-hydrogen) atoms. The molecule has 2 N–H and O–H groups in total. The third-order valence-electron chi connectivity index (χ3n) is 3.25. The molecule has 2 unspecified atom stereocenters. The maximum Gasteiger partial charge on any atom is 0.156 e. The van der Waals surface area contributed by atoms with Gasteiger partial charge in [-0.15, -0.1) is 5.10 Å². The van der Waals surface area contributed by atoms with Crippen LogP contribution < -0.4 is 5.73 Å². The molecule has 2 aromatic rings. The summed E-state index contributed by atoms with van der Waals surface area (Å²) < 4.78 is 7.54. The second-order valence-electron chi connectivity index (χ2n) is 4.68. The molecule has 1 fully saturated rings. The first-order valence-electron chi connectivity index (χ1n) is 5.98. The van der Waals surface area contributed by atoms with Gasteiger partial charge in [-0.2, -0.15) is 0 Å². The number of nitrogens with two attached hydrogens (primary N) is 1. The van der Waals surface area contributed by atoms with E-state index in [2.05, 4.69) is 17.2 Å². The van der Waals surface area contributed by atoms with Crippen LogP contribution in [0, 0.1) is 5.92 Å². The van der Waals surface area contributed by atoms with E-state index >= 15 is 0 Å². The predicted octanol–water partition coefficient (Wildman–Crippen LogP) is 1.62. The standard InChI is InChI=1S/C12H16N4O/c1-8-6-9(8)11-2-3-12(17-11)10-7-16(5-4-13)15-14-10/h2-3,7-9H,4-6,13H2,1H3. The van der Waals surface area contributed by atoms with Gasteiger partial charge in [-0.05, 0) is 24.5 Å². The van der Waals surface area contributed by atoms with E-state index in [0.717, 1.165) is 23.1 Å². The predicted molar refractivity (Wildman–Crippen MR) is 63.3 cm³/mol. The molecule has 0 saturated heterocycles. The highest BCUT2D eigenvalue weighted by atomic mass is 16.3. The number of rotatable bonds is 4. The van der Waals surface area contributed by atoms with Crippen molar-refractivity contribution >= 4 is 0 Å². The molecule has 0 spiro atoms. The Bertz CT molecular complexity index is 516. The van der Waals surface area contributed by atoms with Gasteiger partial charge in [0.25, 0.3) is 0 Å². The summed E-state index contributed by atoms with van der Waals surface area (Å²) >= 11 is 0. The van der Waals surface area contributed by atoms with Gasteiger partial charge in [0.2, 0.25) is 0 Å². The quantitative estimate of drug-likeness (QED) is 0.869. The van der Waals surface area contributed by atoms with Gasteiger partial charge in [-0.25, -0.2) is 0 Å². The molecule has 2 heterocycles. The van der Waals surface area contributed by atoms with Crippen LogP contribution >= 0.6 is 0 Å². The maximum atomic E-state index is 5.81. The molecule has 2 aromatic heterocycles. The summed E-state index contributed by atoms with van der Waals surface area (Å²) in [5, 5.41) is 8.07. The zero-order valence-electron chi connectivity index (χ0n) is 9.84. The highest BCUT2D eigenvalue weighted by Crippen LogP contribution is 2.47. The molecule has 1 saturated carbocycles. The molecule has 5 nitrogen and oxygen atoms in total. The first kappa shape index (κ1) is 10.5. The SMILES string of the molecule is CC1CC1c1ccc(-c2cn(CCN)nn2)o1. The van der Waals surface area contributed by atoms with Gasteiger partial charge in [0.15, 0.2) is 5.76 Å². The number of hydrogen-bond donors (Lipinski definition) is 1. The zero-order valence-corrected chi connectivity index (χ0v) is 9.84. The molecule has 3 rings (SSSR count). The van der Waals surface area contributed by atoms with Crippen molar-refractivity contribution in [3.63, 3.8) is 0 Å². The maximum absolute atomic E-state index is 5.81. The van der Waals surface area contributed by atoms with Crippen molar-refractivity contribution < 1.29 is 4.42 Å². The normalized spacial score (nSPS) is 22.9. The van der Waals surface area contributed by atoms with Crippen LogP contribution in [0.25, 0.3) is 11.5 Å². The Morgan fingerprint density at radius 3 is 3.06 bits per heavy atom. The molecule has 0 radical (unpaired) electrons. The van der Waals surface area contributed by atoms with Crippen molar-refractivity contribution in [2.75, 3.05) is 6.54 Å². The number of hydrogen-bond acceptors (Lipinski definition) is 4. The minimum absolute atomic E-state index is 0.561.